The van der Waals surface area contributed by atoms with Crippen molar-refractivity contribution < 1.29 is 19.0 Å². The summed E-state index contributed by atoms with van der Waals surface area (Å²) in [5.74, 6) is -1.17. The zero-order valence-corrected chi connectivity index (χ0v) is 14.4. The number of carbonyl (C=O) groups excluding carboxylic acids is 1. The van der Waals surface area contributed by atoms with Gasteiger partial charge >= 0.3 is 5.97 Å². The molecule has 2 atom stereocenters. The molecule has 0 aliphatic rings. The number of aryl methyl sites for hydroxylation is 1. The summed E-state index contributed by atoms with van der Waals surface area (Å²) in [5.41, 5.74) is 0.489. The summed E-state index contributed by atoms with van der Waals surface area (Å²) < 4.78 is 19.1. The maximum Gasteiger partial charge on any atom is 0.311 e. The third kappa shape index (κ3) is 7.42. The smallest absolute Gasteiger partial charge is 0.311 e. The minimum atomic E-state index is -1.13. The van der Waals surface area contributed by atoms with Crippen LogP contribution in [0.1, 0.15) is 39.7 Å². The summed E-state index contributed by atoms with van der Waals surface area (Å²) in [5, 5.41) is 9.88. The van der Waals surface area contributed by atoms with Gasteiger partial charge in [0.25, 0.3) is 0 Å². The Balaban J connectivity index is 2.43. The highest BCUT2D eigenvalue weighted by atomic mass is 19.1. The first-order valence-corrected chi connectivity index (χ1v) is 7.96. The van der Waals surface area contributed by atoms with Crippen molar-refractivity contribution in [3.05, 3.63) is 47.8 Å². The van der Waals surface area contributed by atoms with Gasteiger partial charge in [0.15, 0.2) is 0 Å². The number of aliphatic hydroxyl groups excluding tert-OH is 1. The lowest BCUT2D eigenvalue weighted by Gasteiger charge is -2.18. The van der Waals surface area contributed by atoms with Gasteiger partial charge in [-0.3, -0.25) is 4.79 Å². The number of benzene rings is 1. The van der Waals surface area contributed by atoms with Gasteiger partial charge in [-0.15, -0.1) is 0 Å². The first-order valence-electron chi connectivity index (χ1n) is 7.96. The average molecular weight is 322 g/mol. The molecule has 0 saturated carbocycles. The lowest BCUT2D eigenvalue weighted by atomic mass is 9.97. The van der Waals surface area contributed by atoms with Gasteiger partial charge in [0.1, 0.15) is 11.9 Å². The van der Waals surface area contributed by atoms with Crippen LogP contribution in [0.15, 0.2) is 42.2 Å². The van der Waals surface area contributed by atoms with Gasteiger partial charge in [0, 0.05) is 5.92 Å². The van der Waals surface area contributed by atoms with Crippen LogP contribution in [0.2, 0.25) is 0 Å². The first kappa shape index (κ1) is 19.4. The Morgan fingerprint density at radius 1 is 1.30 bits per heavy atom. The maximum atomic E-state index is 14.0. The zero-order valence-electron chi connectivity index (χ0n) is 14.4. The molecule has 1 aromatic rings. The van der Waals surface area contributed by atoms with Crippen LogP contribution in [0, 0.1) is 11.3 Å². The molecule has 0 aliphatic heterocycles. The molecule has 0 fully saturated rings. The number of esters is 1. The van der Waals surface area contributed by atoms with Gasteiger partial charge in [-0.1, -0.05) is 37.3 Å². The van der Waals surface area contributed by atoms with Gasteiger partial charge in [-0.25, -0.2) is 4.39 Å². The second-order valence-electron chi connectivity index (χ2n) is 6.92. The van der Waals surface area contributed by atoms with E-state index in [1.165, 1.54) is 6.08 Å². The van der Waals surface area contributed by atoms with E-state index in [4.69, 9.17) is 4.74 Å². The van der Waals surface area contributed by atoms with Crippen molar-refractivity contribution in [2.45, 2.75) is 46.6 Å². The Bertz CT molecular complexity index is 517. The van der Waals surface area contributed by atoms with Crippen LogP contribution in [-0.4, -0.2) is 23.8 Å². The first-order chi connectivity index (χ1) is 10.7. The SMILES string of the molecule is C[C@H](/C=C(\F)[C@@H](O)CCc1ccccc1)COC(=O)C(C)(C)C. The zero-order chi connectivity index (χ0) is 17.5. The molecule has 0 aromatic heterocycles. The minimum Gasteiger partial charge on any atom is -0.465 e. The van der Waals surface area contributed by atoms with E-state index in [0.29, 0.717) is 12.8 Å². The van der Waals surface area contributed by atoms with Gasteiger partial charge in [-0.05, 0) is 45.3 Å². The molecule has 4 heteroatoms. The highest BCUT2D eigenvalue weighted by molar-refractivity contribution is 5.75. The van der Waals surface area contributed by atoms with E-state index in [-0.39, 0.29) is 18.5 Å². The van der Waals surface area contributed by atoms with E-state index >= 15 is 0 Å². The van der Waals surface area contributed by atoms with Crippen LogP contribution >= 0.6 is 0 Å². The molecule has 0 unspecified atom stereocenters. The number of hydrogen-bond donors (Lipinski definition) is 1. The van der Waals surface area contributed by atoms with Crippen LogP contribution in [0.5, 0.6) is 0 Å². The molecule has 3 nitrogen and oxygen atoms in total. The average Bonchev–Trinajstić information content (AvgIpc) is 2.50. The Labute approximate surface area is 138 Å². The van der Waals surface area contributed by atoms with Crippen LogP contribution in [0.25, 0.3) is 0 Å². The summed E-state index contributed by atoms with van der Waals surface area (Å²) in [6, 6.07) is 9.64. The van der Waals surface area contributed by atoms with Crippen molar-refractivity contribution in [1.82, 2.24) is 0 Å². The van der Waals surface area contributed by atoms with Gasteiger partial charge in [0.2, 0.25) is 0 Å². The van der Waals surface area contributed by atoms with E-state index in [9.17, 15) is 14.3 Å². The van der Waals surface area contributed by atoms with E-state index < -0.39 is 17.3 Å². The van der Waals surface area contributed by atoms with Crippen LogP contribution < -0.4 is 0 Å². The van der Waals surface area contributed by atoms with Crippen molar-refractivity contribution in [3.63, 3.8) is 0 Å². The molecule has 128 valence electrons. The summed E-state index contributed by atoms with van der Waals surface area (Å²) in [6.07, 6.45) is 1.12. The summed E-state index contributed by atoms with van der Waals surface area (Å²) in [6.45, 7) is 7.16. The fourth-order valence-electron chi connectivity index (χ4n) is 1.94. The van der Waals surface area contributed by atoms with Gasteiger partial charge < -0.3 is 9.84 Å². The Kier molecular flexibility index (Phi) is 7.43. The molecule has 0 heterocycles. The largest absolute Gasteiger partial charge is 0.465 e. The molecule has 1 aromatic carbocycles. The van der Waals surface area contributed by atoms with E-state index in [0.717, 1.165) is 5.56 Å². The Morgan fingerprint density at radius 3 is 2.48 bits per heavy atom. The van der Waals surface area contributed by atoms with Gasteiger partial charge in [-0.2, -0.15) is 0 Å². The summed E-state index contributed by atoms with van der Waals surface area (Å²) in [7, 11) is 0. The predicted octanol–water partition coefficient (Wildman–Crippen LogP) is 4.06. The van der Waals surface area contributed by atoms with Crippen molar-refractivity contribution in [1.29, 1.82) is 0 Å². The summed E-state index contributed by atoms with van der Waals surface area (Å²) >= 11 is 0. The van der Waals surface area contributed by atoms with Crippen molar-refractivity contribution in [2.24, 2.45) is 11.3 Å². The molecule has 23 heavy (non-hydrogen) atoms. The van der Waals surface area contributed by atoms with E-state index in [2.05, 4.69) is 0 Å². The second kappa shape index (κ2) is 8.82. The highest BCUT2D eigenvalue weighted by Gasteiger charge is 2.23. The van der Waals surface area contributed by atoms with Crippen molar-refractivity contribution in [2.75, 3.05) is 6.61 Å². The van der Waals surface area contributed by atoms with Gasteiger partial charge in [0.05, 0.1) is 12.0 Å². The monoisotopic (exact) mass is 322 g/mol. The second-order valence-corrected chi connectivity index (χ2v) is 6.92. The topological polar surface area (TPSA) is 46.5 Å². The lowest BCUT2D eigenvalue weighted by molar-refractivity contribution is -0.153. The van der Waals surface area contributed by atoms with E-state index in [1.54, 1.807) is 27.7 Å². The summed E-state index contributed by atoms with van der Waals surface area (Å²) in [4.78, 5) is 11.7. The van der Waals surface area contributed by atoms with Crippen LogP contribution in [-0.2, 0) is 16.0 Å². The quantitative estimate of drug-likeness (QED) is 0.770. The molecule has 1 N–H and O–H groups in total. The molecule has 0 spiro atoms. The van der Waals surface area contributed by atoms with Crippen molar-refractivity contribution >= 4 is 5.97 Å². The fraction of sp³-hybridized carbons (Fsp3) is 0.526. The number of hydrogen-bond acceptors (Lipinski definition) is 3. The lowest BCUT2D eigenvalue weighted by Crippen LogP contribution is -2.24. The molecule has 0 radical (unpaired) electrons. The number of halogens is 1. The number of rotatable bonds is 7. The fourth-order valence-corrected chi connectivity index (χ4v) is 1.94. The number of aliphatic hydroxyl groups is 1. The Hall–Kier alpha value is -1.68. The van der Waals surface area contributed by atoms with E-state index in [1.807, 2.05) is 30.3 Å². The van der Waals surface area contributed by atoms with Crippen molar-refractivity contribution in [3.8, 4) is 0 Å². The molecular formula is C19H27FO3. The standard InChI is InChI=1S/C19H27FO3/c1-14(13-23-18(22)19(2,3)4)12-16(20)17(21)11-10-15-8-6-5-7-9-15/h5-9,12,14,17,21H,10-11,13H2,1-4H3/b16-12-/t14-,17+/m1/s1. The molecule has 0 amide bonds. The normalized spacial score (nSPS) is 15.1. The minimum absolute atomic E-state index is 0.106. The third-order valence-corrected chi connectivity index (χ3v) is 3.40. The maximum absolute atomic E-state index is 14.0. The highest BCUT2D eigenvalue weighted by Crippen LogP contribution is 2.18. The molecule has 0 bridgehead atoms. The Morgan fingerprint density at radius 2 is 1.91 bits per heavy atom. The third-order valence-electron chi connectivity index (χ3n) is 3.40. The number of ether oxygens (including phenoxy) is 1. The molecule has 1 rings (SSSR count). The molecular weight excluding hydrogens is 295 g/mol. The predicted molar refractivity (Wildman–Crippen MR) is 89.5 cm³/mol. The van der Waals surface area contributed by atoms with Crippen LogP contribution in [0.4, 0.5) is 4.39 Å². The number of carbonyl (C=O) groups is 1. The molecule has 0 saturated heterocycles. The van der Waals surface area contributed by atoms with Crippen LogP contribution in [0.3, 0.4) is 0 Å². The molecule has 0 aliphatic carbocycles.